The van der Waals surface area contributed by atoms with Gasteiger partial charge in [-0.2, -0.15) is 0 Å². The van der Waals surface area contributed by atoms with Crippen LogP contribution in [0, 0.1) is 0 Å². The zero-order chi connectivity index (χ0) is 18.1. The number of unbranched alkanes of at least 4 members (excludes halogenated alkanes) is 14. The molecule has 0 spiro atoms. The number of hydrogen-bond donors (Lipinski definition) is 0. The molecule has 0 heterocycles. The Labute approximate surface area is 163 Å². The maximum Gasteiger partial charge on any atom is 0.366 e. The maximum atomic E-state index is 11.6. The molecule has 0 aromatic heterocycles. The van der Waals surface area contributed by atoms with E-state index in [2.05, 4.69) is 6.92 Å². The van der Waals surface area contributed by atoms with E-state index in [1.807, 2.05) is 21.1 Å². The van der Waals surface area contributed by atoms with Crippen molar-refractivity contribution in [1.29, 1.82) is 0 Å². The molecule has 0 aliphatic rings. The lowest BCUT2D eigenvalue weighted by molar-refractivity contribution is -1.04. The highest BCUT2D eigenvalue weighted by molar-refractivity contribution is 5.68. The van der Waals surface area contributed by atoms with Gasteiger partial charge < -0.3 is 12.4 Å². The van der Waals surface area contributed by atoms with Crippen LogP contribution in [-0.4, -0.2) is 31.8 Å². The van der Waals surface area contributed by atoms with Crippen LogP contribution in [0.5, 0.6) is 0 Å². The molecule has 0 aromatic carbocycles. The Balaban J connectivity index is 0. The summed E-state index contributed by atoms with van der Waals surface area (Å²) in [4.78, 5) is 16.8. The minimum atomic E-state index is -0.0720. The molecule has 4 heteroatoms. The lowest BCUT2D eigenvalue weighted by Crippen LogP contribution is -3.00. The Morgan fingerprint density at radius 3 is 1.28 bits per heavy atom. The van der Waals surface area contributed by atoms with Crippen molar-refractivity contribution in [2.45, 2.75) is 110 Å². The molecule has 0 atom stereocenters. The van der Waals surface area contributed by atoms with E-state index in [4.69, 9.17) is 4.84 Å². The maximum absolute atomic E-state index is 11.6. The van der Waals surface area contributed by atoms with E-state index in [1.165, 1.54) is 83.5 Å². The topological polar surface area (TPSA) is 26.3 Å². The Kier molecular flexibility index (Phi) is 19.9. The lowest BCUT2D eigenvalue weighted by Gasteiger charge is -2.20. The quantitative estimate of drug-likeness (QED) is 0.220. The van der Waals surface area contributed by atoms with Crippen molar-refractivity contribution in [3.8, 4) is 0 Å². The summed E-state index contributed by atoms with van der Waals surface area (Å²) >= 11 is 0. The number of carbonyl (C=O) groups excluding carboxylic acids is 1. The summed E-state index contributed by atoms with van der Waals surface area (Å²) in [6.07, 6.45) is 20.8. The van der Waals surface area contributed by atoms with Gasteiger partial charge in [0.1, 0.15) is 21.1 Å². The van der Waals surface area contributed by atoms with E-state index in [9.17, 15) is 4.79 Å². The molecule has 0 bridgehead atoms. The Bertz CT molecular complexity index is 290. The summed E-state index contributed by atoms with van der Waals surface area (Å²) in [5, 5.41) is 0. The van der Waals surface area contributed by atoms with E-state index in [1.54, 1.807) is 0 Å². The summed E-state index contributed by atoms with van der Waals surface area (Å²) < 4.78 is 0.261. The Hall–Kier alpha value is -0.280. The second kappa shape index (κ2) is 18.5. The number of hydrogen-bond acceptors (Lipinski definition) is 2. The van der Waals surface area contributed by atoms with Crippen molar-refractivity contribution in [2.75, 3.05) is 21.1 Å². The van der Waals surface area contributed by atoms with Crippen LogP contribution in [0.4, 0.5) is 0 Å². The molecule has 0 N–H and O–H groups in total. The van der Waals surface area contributed by atoms with Gasteiger partial charge in [0.25, 0.3) is 0 Å². The highest BCUT2D eigenvalue weighted by Crippen LogP contribution is 2.14. The second-order valence-corrected chi connectivity index (χ2v) is 8.05. The van der Waals surface area contributed by atoms with Crippen LogP contribution in [0.1, 0.15) is 110 Å². The highest BCUT2D eigenvalue weighted by Gasteiger charge is 2.14. The number of hydroxylamine groups is 3. The lowest BCUT2D eigenvalue weighted by atomic mass is 10.0. The molecular weight excluding hydrogens is 334 g/mol. The third-order valence-electron chi connectivity index (χ3n) is 4.36. The van der Waals surface area contributed by atoms with Gasteiger partial charge in [0, 0.05) is 0 Å². The fourth-order valence-electron chi connectivity index (χ4n) is 2.99. The van der Waals surface area contributed by atoms with Crippen molar-refractivity contribution in [3.05, 3.63) is 0 Å². The molecule has 0 saturated heterocycles. The van der Waals surface area contributed by atoms with E-state index in [-0.39, 0.29) is 23.0 Å². The molecule has 0 fully saturated rings. The van der Waals surface area contributed by atoms with Crippen LogP contribution in [0.25, 0.3) is 0 Å². The first-order chi connectivity index (χ1) is 11.5. The first-order valence-corrected chi connectivity index (χ1v) is 10.5. The molecule has 0 saturated carbocycles. The first-order valence-electron chi connectivity index (χ1n) is 10.5. The van der Waals surface area contributed by atoms with Gasteiger partial charge in [0.2, 0.25) is 0 Å². The SMILES string of the molecule is CCCCCCCCCCCCCCCCCC(=O)O[N+](C)(C)C.[Cl-]. The summed E-state index contributed by atoms with van der Waals surface area (Å²) in [5.74, 6) is -0.0720. The molecule has 152 valence electrons. The predicted octanol–water partition coefficient (Wildman–Crippen LogP) is 3.42. The molecule has 0 aromatic rings. The predicted molar refractivity (Wildman–Crippen MR) is 104 cm³/mol. The first kappa shape index (κ1) is 26.9. The van der Waals surface area contributed by atoms with Gasteiger partial charge in [-0.25, -0.2) is 4.79 Å². The summed E-state index contributed by atoms with van der Waals surface area (Å²) in [6.45, 7) is 2.28. The van der Waals surface area contributed by atoms with Crippen LogP contribution in [0.2, 0.25) is 0 Å². The number of rotatable bonds is 17. The summed E-state index contributed by atoms with van der Waals surface area (Å²) in [5.41, 5.74) is 0. The number of nitrogens with zero attached hydrogens (tertiary/aromatic N) is 1. The second-order valence-electron chi connectivity index (χ2n) is 8.05. The average Bonchev–Trinajstić information content (AvgIpc) is 2.49. The minimum absolute atomic E-state index is 0. The summed E-state index contributed by atoms with van der Waals surface area (Å²) in [7, 11) is 5.60. The molecule has 0 aliphatic carbocycles. The van der Waals surface area contributed by atoms with Gasteiger partial charge in [0.05, 0.1) is 6.42 Å². The Morgan fingerprint density at radius 2 is 0.960 bits per heavy atom. The van der Waals surface area contributed by atoms with Crippen LogP contribution in [-0.2, 0) is 9.63 Å². The van der Waals surface area contributed by atoms with Crippen LogP contribution >= 0.6 is 0 Å². The molecule has 0 unspecified atom stereocenters. The van der Waals surface area contributed by atoms with Crippen molar-refractivity contribution in [1.82, 2.24) is 0 Å². The van der Waals surface area contributed by atoms with Crippen LogP contribution in [0.3, 0.4) is 0 Å². The molecule has 0 amide bonds. The number of halogens is 1. The minimum Gasteiger partial charge on any atom is -1.00 e. The fraction of sp³-hybridized carbons (Fsp3) is 0.952. The van der Waals surface area contributed by atoms with Gasteiger partial charge in [0.15, 0.2) is 0 Å². The van der Waals surface area contributed by atoms with E-state index < -0.39 is 0 Å². The zero-order valence-corrected chi connectivity index (χ0v) is 18.2. The zero-order valence-electron chi connectivity index (χ0n) is 17.5. The highest BCUT2D eigenvalue weighted by atomic mass is 35.5. The molecular formula is C21H44ClNO2. The van der Waals surface area contributed by atoms with Crippen molar-refractivity contribution >= 4 is 5.97 Å². The van der Waals surface area contributed by atoms with Gasteiger partial charge in [-0.3, -0.25) is 4.84 Å². The molecule has 25 heavy (non-hydrogen) atoms. The molecule has 0 rings (SSSR count). The monoisotopic (exact) mass is 377 g/mol. The van der Waals surface area contributed by atoms with Crippen molar-refractivity contribution in [3.63, 3.8) is 0 Å². The van der Waals surface area contributed by atoms with E-state index in [0.717, 1.165) is 12.8 Å². The molecule has 3 nitrogen and oxygen atoms in total. The normalized spacial score (nSPS) is 11.2. The molecule has 0 aliphatic heterocycles. The van der Waals surface area contributed by atoms with E-state index >= 15 is 0 Å². The van der Waals surface area contributed by atoms with Gasteiger partial charge in [-0.05, 0) is 6.42 Å². The van der Waals surface area contributed by atoms with Crippen LogP contribution in [0.15, 0.2) is 0 Å². The van der Waals surface area contributed by atoms with E-state index in [0.29, 0.717) is 6.42 Å². The number of quaternary nitrogens is 1. The fourth-order valence-corrected chi connectivity index (χ4v) is 2.99. The third kappa shape index (κ3) is 23.7. The third-order valence-corrected chi connectivity index (χ3v) is 4.36. The van der Waals surface area contributed by atoms with Crippen molar-refractivity contribution in [2.24, 2.45) is 0 Å². The smallest absolute Gasteiger partial charge is 0.366 e. The van der Waals surface area contributed by atoms with Gasteiger partial charge >= 0.3 is 5.97 Å². The van der Waals surface area contributed by atoms with Gasteiger partial charge in [-0.1, -0.05) is 96.8 Å². The van der Waals surface area contributed by atoms with Gasteiger partial charge in [-0.15, -0.1) is 4.65 Å². The Morgan fingerprint density at radius 1 is 0.640 bits per heavy atom. The molecule has 0 radical (unpaired) electrons. The average molecular weight is 378 g/mol. The van der Waals surface area contributed by atoms with Crippen LogP contribution < -0.4 is 12.4 Å². The largest absolute Gasteiger partial charge is 1.00 e. The standard InChI is InChI=1S/C21H44NO2.ClH/c1-5-6-7-8-9-10-11-12-13-14-15-16-17-18-19-20-21(23)24-22(2,3)4;/h5-20H2,1-4H3;1H/q+1;/p-1. The van der Waals surface area contributed by atoms with Crippen molar-refractivity contribution < 1.29 is 26.7 Å². The summed E-state index contributed by atoms with van der Waals surface area (Å²) in [6, 6.07) is 0. The number of carbonyl (C=O) groups is 1.